The van der Waals surface area contributed by atoms with E-state index in [1.54, 1.807) is 12.1 Å². The van der Waals surface area contributed by atoms with Crippen LogP contribution in [0.15, 0.2) is 89.5 Å². The molecule has 0 aliphatic rings. The second-order valence-electron chi connectivity index (χ2n) is 11.1. The zero-order valence-electron chi connectivity index (χ0n) is 22.9. The van der Waals surface area contributed by atoms with E-state index in [2.05, 4.69) is 65.1 Å². The molecule has 0 saturated carbocycles. The number of ether oxygens (including phenoxy) is 1. The Kier molecular flexibility index (Phi) is 5.89. The molecule has 0 saturated heterocycles. The molecule has 210 valence electrons. The van der Waals surface area contributed by atoms with Gasteiger partial charge in [-0.1, -0.05) is 68.6 Å². The molecule has 0 bridgehead atoms. The van der Waals surface area contributed by atoms with Crippen LogP contribution in [0, 0.1) is 6.07 Å². The number of fused-ring (bicyclic) bond motifs is 8. The monoisotopic (exact) mass is 733 g/mol. The van der Waals surface area contributed by atoms with Crippen LogP contribution in [-0.2, 0) is 26.5 Å². The number of rotatable bonds is 3. The number of nitrogens with zero attached hydrogens (tertiary/aromatic N) is 5. The summed E-state index contributed by atoms with van der Waals surface area (Å²) in [6, 6.07) is 28.8. The van der Waals surface area contributed by atoms with E-state index in [1.807, 2.05) is 36.4 Å². The molecule has 0 aliphatic heterocycles. The summed E-state index contributed by atoms with van der Waals surface area (Å²) >= 11 is 0. The number of aromatic hydroxyl groups is 1. The van der Waals surface area contributed by atoms with Gasteiger partial charge in [0.05, 0.1) is 27.8 Å². The van der Waals surface area contributed by atoms with Crippen LogP contribution in [0.25, 0.3) is 55.7 Å². The summed E-state index contributed by atoms with van der Waals surface area (Å²) in [5, 5.41) is 11.5. The Hall–Kier alpha value is -4.68. The number of benzene rings is 3. The second kappa shape index (κ2) is 9.43. The van der Waals surface area contributed by atoms with Gasteiger partial charge < -0.3 is 14.3 Å². The van der Waals surface area contributed by atoms with Crippen molar-refractivity contribution in [2.45, 2.75) is 26.2 Å². The van der Waals surface area contributed by atoms with Crippen LogP contribution in [0.4, 0.5) is 0 Å². The van der Waals surface area contributed by atoms with Crippen molar-refractivity contribution in [1.29, 1.82) is 0 Å². The van der Waals surface area contributed by atoms with Crippen LogP contribution < -0.4 is 4.74 Å². The van der Waals surface area contributed by atoms with Crippen molar-refractivity contribution in [3.05, 3.63) is 96.7 Å². The van der Waals surface area contributed by atoms with E-state index >= 15 is 0 Å². The molecule has 1 N–H and O–H groups in total. The van der Waals surface area contributed by atoms with Crippen molar-refractivity contribution < 1.29 is 35.3 Å². The number of hydrogen-bond acceptors (Lipinski definition) is 6. The smallest absolute Gasteiger partial charge is 0.221 e. The van der Waals surface area contributed by atoms with Crippen molar-refractivity contribution in [3.63, 3.8) is 0 Å². The molecular formula is C33H24N5O3Pt-. The minimum atomic E-state index is -0.179. The number of aromatic nitrogens is 5. The number of para-hydroxylation sites is 4. The topological polar surface area (TPSA) is 90.6 Å². The molecule has 8 aromatic rings. The van der Waals surface area contributed by atoms with Gasteiger partial charge in [0.1, 0.15) is 5.82 Å². The predicted octanol–water partition coefficient (Wildman–Crippen LogP) is 7.71. The maximum absolute atomic E-state index is 10.4. The maximum atomic E-state index is 10.4. The molecule has 0 radical (unpaired) electrons. The van der Waals surface area contributed by atoms with E-state index in [9.17, 15) is 5.11 Å². The Morgan fingerprint density at radius 3 is 2.45 bits per heavy atom. The van der Waals surface area contributed by atoms with Gasteiger partial charge in [0.2, 0.25) is 11.7 Å². The fraction of sp³-hybridized carbons (Fsp3) is 0.121. The number of hydrogen-bond donors (Lipinski definition) is 1. The van der Waals surface area contributed by atoms with E-state index in [0.717, 1.165) is 33.4 Å². The summed E-state index contributed by atoms with van der Waals surface area (Å²) in [6.07, 6.45) is 1.51. The first-order valence-corrected chi connectivity index (χ1v) is 13.4. The van der Waals surface area contributed by atoms with Crippen LogP contribution in [-0.4, -0.2) is 29.0 Å². The van der Waals surface area contributed by atoms with Crippen LogP contribution in [0.3, 0.4) is 0 Å². The van der Waals surface area contributed by atoms with Gasteiger partial charge in [0.15, 0.2) is 5.71 Å². The third kappa shape index (κ3) is 3.97. The molecule has 8 rings (SSSR count). The molecular weight excluding hydrogens is 709 g/mol. The Labute approximate surface area is 254 Å². The average molecular weight is 734 g/mol. The van der Waals surface area contributed by atoms with Crippen molar-refractivity contribution in [2.24, 2.45) is 0 Å². The van der Waals surface area contributed by atoms with Crippen LogP contribution >= 0.6 is 0 Å². The fourth-order valence-corrected chi connectivity index (χ4v) is 5.42. The first-order chi connectivity index (χ1) is 19.8. The summed E-state index contributed by atoms with van der Waals surface area (Å²) in [5.41, 5.74) is 5.77. The third-order valence-corrected chi connectivity index (χ3v) is 7.44. The first kappa shape index (κ1) is 26.2. The summed E-state index contributed by atoms with van der Waals surface area (Å²) in [7, 11) is 0. The molecule has 0 fully saturated rings. The standard InChI is InChI=1S/C33H24N5O3.Pt/c1-33(2,3)19-16-28(38-25-11-7-6-10-24(25)37-23-9-5-4-8-22(23)35-32(37)38)36-29(17-19)40-20-12-13-27-21(18-20)30-26(39)14-15-34-31(30)41-27;/h4-17H,1-3H3,(H,34,39);/q-1;. The minimum Gasteiger partial charge on any atom is -0.517 e. The van der Waals surface area contributed by atoms with Crippen molar-refractivity contribution in [3.8, 4) is 23.2 Å². The van der Waals surface area contributed by atoms with Gasteiger partial charge in [-0.2, -0.15) is 4.98 Å². The van der Waals surface area contributed by atoms with E-state index in [1.165, 1.54) is 12.3 Å². The molecule has 42 heavy (non-hydrogen) atoms. The molecule has 3 aromatic carbocycles. The Morgan fingerprint density at radius 2 is 1.64 bits per heavy atom. The second-order valence-corrected chi connectivity index (χ2v) is 11.1. The average Bonchev–Trinajstić information content (AvgIpc) is 3.61. The molecule has 0 unspecified atom stereocenters. The molecule has 0 spiro atoms. The molecule has 5 aromatic heterocycles. The fourth-order valence-electron chi connectivity index (χ4n) is 5.42. The predicted molar refractivity (Wildman–Crippen MR) is 158 cm³/mol. The zero-order chi connectivity index (χ0) is 27.9. The number of pyridine rings is 2. The Bertz CT molecular complexity index is 2310. The Morgan fingerprint density at radius 1 is 0.881 bits per heavy atom. The molecule has 5 heterocycles. The number of furan rings is 1. The first-order valence-electron chi connectivity index (χ1n) is 13.4. The molecule has 8 nitrogen and oxygen atoms in total. The van der Waals surface area contributed by atoms with E-state index in [4.69, 9.17) is 19.1 Å². The van der Waals surface area contributed by atoms with Gasteiger partial charge in [-0.15, -0.1) is 0 Å². The Balaban J connectivity index is 0.00000288. The zero-order valence-corrected chi connectivity index (χ0v) is 25.2. The molecule has 0 amide bonds. The van der Waals surface area contributed by atoms with Crippen molar-refractivity contribution in [2.75, 3.05) is 0 Å². The van der Waals surface area contributed by atoms with E-state index in [-0.39, 0.29) is 32.2 Å². The van der Waals surface area contributed by atoms with Crippen molar-refractivity contribution in [1.82, 2.24) is 23.9 Å². The van der Waals surface area contributed by atoms with Gasteiger partial charge in [0, 0.05) is 50.0 Å². The van der Waals surface area contributed by atoms with E-state index in [0.29, 0.717) is 39.5 Å². The van der Waals surface area contributed by atoms with E-state index < -0.39 is 0 Å². The minimum absolute atomic E-state index is 0. The summed E-state index contributed by atoms with van der Waals surface area (Å²) < 4.78 is 16.4. The molecule has 0 aliphatic carbocycles. The van der Waals surface area contributed by atoms with Gasteiger partial charge >= 0.3 is 0 Å². The van der Waals surface area contributed by atoms with Gasteiger partial charge in [-0.3, -0.25) is 8.97 Å². The van der Waals surface area contributed by atoms with Gasteiger partial charge in [-0.05, 0) is 47.4 Å². The van der Waals surface area contributed by atoms with Gasteiger partial charge in [0.25, 0.3) is 0 Å². The summed E-state index contributed by atoms with van der Waals surface area (Å²) in [5.74, 6) is 2.42. The van der Waals surface area contributed by atoms with Crippen LogP contribution in [0.2, 0.25) is 0 Å². The summed E-state index contributed by atoms with van der Waals surface area (Å²) in [4.78, 5) is 14.2. The quantitative estimate of drug-likeness (QED) is 0.187. The molecule has 0 atom stereocenters. The van der Waals surface area contributed by atoms with Crippen molar-refractivity contribution >= 4 is 49.9 Å². The van der Waals surface area contributed by atoms with Crippen LogP contribution in [0.1, 0.15) is 26.3 Å². The van der Waals surface area contributed by atoms with Gasteiger partial charge in [-0.25, -0.2) is 9.97 Å². The van der Waals surface area contributed by atoms with Crippen LogP contribution in [0.5, 0.6) is 17.4 Å². The largest absolute Gasteiger partial charge is 0.517 e. The summed E-state index contributed by atoms with van der Waals surface area (Å²) in [6.45, 7) is 6.48. The normalized spacial score (nSPS) is 12.1. The maximum Gasteiger partial charge on any atom is 0.221 e. The molecule has 9 heteroatoms. The third-order valence-electron chi connectivity index (χ3n) is 7.44. The number of imidazole rings is 2. The SMILES string of the molecule is CC(C)(C)c1cc(Oc2[c-]c3c(cc2)oc2nccc(O)c23)nc(-n2c3ccccc3n3c4ccccc4nc23)c1.[Pt].